The van der Waals surface area contributed by atoms with Crippen LogP contribution in [-0.2, 0) is 14.2 Å². The first-order valence-electron chi connectivity index (χ1n) is 5.21. The van der Waals surface area contributed by atoms with Gasteiger partial charge in [-0.2, -0.15) is 0 Å². The van der Waals surface area contributed by atoms with E-state index in [1.54, 1.807) is 6.92 Å². The van der Waals surface area contributed by atoms with Crippen molar-refractivity contribution < 1.29 is 24.1 Å². The molecule has 0 aliphatic heterocycles. The van der Waals surface area contributed by atoms with Crippen LogP contribution in [0.1, 0.15) is 26.7 Å². The Morgan fingerprint density at radius 3 is 2.53 bits per heavy atom. The summed E-state index contributed by atoms with van der Waals surface area (Å²) in [4.78, 5) is 10.1. The zero-order valence-electron chi connectivity index (χ0n) is 9.40. The highest BCUT2D eigenvalue weighted by atomic mass is 16.7. The molecular formula is C10H20O5. The van der Waals surface area contributed by atoms with Crippen molar-refractivity contribution in [2.24, 2.45) is 0 Å². The molecule has 0 rings (SSSR count). The Bertz CT molecular complexity index is 160. The summed E-state index contributed by atoms with van der Waals surface area (Å²) in [6.45, 7) is 6.17. The van der Waals surface area contributed by atoms with E-state index < -0.39 is 6.16 Å². The Hall–Kier alpha value is -0.810. The third-order valence-corrected chi connectivity index (χ3v) is 1.78. The molecule has 0 saturated heterocycles. The molecule has 0 amide bonds. The van der Waals surface area contributed by atoms with Crippen molar-refractivity contribution in [2.75, 3.05) is 26.4 Å². The molecule has 0 radical (unpaired) electrons. The van der Waals surface area contributed by atoms with Crippen LogP contribution >= 0.6 is 0 Å². The number of carbonyl (C=O) groups is 1. The van der Waals surface area contributed by atoms with E-state index in [0.717, 1.165) is 6.42 Å². The predicted molar refractivity (Wildman–Crippen MR) is 55.1 cm³/mol. The Morgan fingerprint density at radius 1 is 1.27 bits per heavy atom. The van der Waals surface area contributed by atoms with Crippen molar-refractivity contribution in [1.29, 1.82) is 0 Å². The van der Waals surface area contributed by atoms with Gasteiger partial charge in [0.2, 0.25) is 0 Å². The molecule has 0 aromatic heterocycles. The monoisotopic (exact) mass is 220 g/mol. The molecule has 0 fully saturated rings. The van der Waals surface area contributed by atoms with Crippen molar-refractivity contribution in [3.63, 3.8) is 0 Å². The SMILES string of the molecule is CCOCCOCCCC(C)OC(=O)O. The average molecular weight is 220 g/mol. The summed E-state index contributed by atoms with van der Waals surface area (Å²) in [6.07, 6.45) is -0.0145. The molecule has 5 nitrogen and oxygen atoms in total. The van der Waals surface area contributed by atoms with Crippen LogP contribution in [0.4, 0.5) is 4.79 Å². The molecule has 0 aliphatic carbocycles. The fourth-order valence-electron chi connectivity index (χ4n) is 1.07. The summed E-state index contributed by atoms with van der Waals surface area (Å²) >= 11 is 0. The van der Waals surface area contributed by atoms with Gasteiger partial charge in [0.25, 0.3) is 0 Å². The molecule has 0 saturated carbocycles. The van der Waals surface area contributed by atoms with Crippen LogP contribution in [0.3, 0.4) is 0 Å². The zero-order chi connectivity index (χ0) is 11.5. The summed E-state index contributed by atoms with van der Waals surface area (Å²) in [5.74, 6) is 0. The van der Waals surface area contributed by atoms with Gasteiger partial charge in [0.05, 0.1) is 13.2 Å². The second-order valence-corrected chi connectivity index (χ2v) is 3.15. The number of hydrogen-bond acceptors (Lipinski definition) is 4. The highest BCUT2D eigenvalue weighted by Crippen LogP contribution is 2.01. The van der Waals surface area contributed by atoms with E-state index >= 15 is 0 Å². The highest BCUT2D eigenvalue weighted by molar-refractivity contribution is 5.56. The summed E-state index contributed by atoms with van der Waals surface area (Å²) in [5.41, 5.74) is 0. The largest absolute Gasteiger partial charge is 0.506 e. The van der Waals surface area contributed by atoms with Gasteiger partial charge in [-0.1, -0.05) is 0 Å². The normalized spacial score (nSPS) is 12.4. The molecule has 0 heterocycles. The topological polar surface area (TPSA) is 65.0 Å². The molecule has 0 spiro atoms. The second-order valence-electron chi connectivity index (χ2n) is 3.15. The Kier molecular flexibility index (Phi) is 9.21. The van der Waals surface area contributed by atoms with Crippen LogP contribution in [0.25, 0.3) is 0 Å². The lowest BCUT2D eigenvalue weighted by Crippen LogP contribution is -2.14. The van der Waals surface area contributed by atoms with E-state index in [9.17, 15) is 4.79 Å². The average Bonchev–Trinajstić information content (AvgIpc) is 2.15. The molecule has 0 aromatic carbocycles. The van der Waals surface area contributed by atoms with E-state index in [1.165, 1.54) is 0 Å². The first kappa shape index (κ1) is 14.2. The summed E-state index contributed by atoms with van der Waals surface area (Å²) in [5, 5.41) is 8.31. The van der Waals surface area contributed by atoms with Gasteiger partial charge in [-0.25, -0.2) is 4.79 Å². The molecule has 90 valence electrons. The first-order chi connectivity index (χ1) is 7.16. The predicted octanol–water partition coefficient (Wildman–Crippen LogP) is 1.90. The first-order valence-corrected chi connectivity index (χ1v) is 5.21. The summed E-state index contributed by atoms with van der Waals surface area (Å²) in [7, 11) is 0. The molecule has 5 heteroatoms. The quantitative estimate of drug-likeness (QED) is 0.475. The van der Waals surface area contributed by atoms with E-state index in [4.69, 9.17) is 14.6 Å². The Balaban J connectivity index is 3.13. The lowest BCUT2D eigenvalue weighted by Gasteiger charge is -2.10. The molecule has 0 bridgehead atoms. The Labute approximate surface area is 90.3 Å². The van der Waals surface area contributed by atoms with Gasteiger partial charge in [-0.15, -0.1) is 0 Å². The van der Waals surface area contributed by atoms with E-state index in [-0.39, 0.29) is 6.10 Å². The van der Waals surface area contributed by atoms with Crippen molar-refractivity contribution in [3.05, 3.63) is 0 Å². The number of hydrogen-bond donors (Lipinski definition) is 1. The fraction of sp³-hybridized carbons (Fsp3) is 0.900. The third-order valence-electron chi connectivity index (χ3n) is 1.78. The van der Waals surface area contributed by atoms with Gasteiger partial charge in [-0.3, -0.25) is 0 Å². The molecule has 1 atom stereocenters. The van der Waals surface area contributed by atoms with E-state index in [0.29, 0.717) is 32.8 Å². The van der Waals surface area contributed by atoms with Crippen molar-refractivity contribution >= 4 is 6.16 Å². The number of carboxylic acid groups (broad SMARTS) is 1. The second kappa shape index (κ2) is 9.73. The van der Waals surface area contributed by atoms with Gasteiger partial charge in [0.15, 0.2) is 0 Å². The minimum absolute atomic E-state index is 0.266. The molecule has 15 heavy (non-hydrogen) atoms. The summed E-state index contributed by atoms with van der Waals surface area (Å²) in [6, 6.07) is 0. The van der Waals surface area contributed by atoms with Gasteiger partial charge in [-0.05, 0) is 26.7 Å². The van der Waals surface area contributed by atoms with Gasteiger partial charge < -0.3 is 19.3 Å². The summed E-state index contributed by atoms with van der Waals surface area (Å²) < 4.78 is 14.9. The minimum Gasteiger partial charge on any atom is -0.450 e. The smallest absolute Gasteiger partial charge is 0.450 e. The van der Waals surface area contributed by atoms with Crippen LogP contribution in [0, 0.1) is 0 Å². The van der Waals surface area contributed by atoms with Crippen LogP contribution in [-0.4, -0.2) is 43.8 Å². The van der Waals surface area contributed by atoms with Crippen LogP contribution in [0.15, 0.2) is 0 Å². The van der Waals surface area contributed by atoms with Gasteiger partial charge in [0, 0.05) is 13.2 Å². The molecule has 0 aromatic rings. The van der Waals surface area contributed by atoms with Crippen molar-refractivity contribution in [1.82, 2.24) is 0 Å². The van der Waals surface area contributed by atoms with Crippen LogP contribution < -0.4 is 0 Å². The number of rotatable bonds is 9. The lowest BCUT2D eigenvalue weighted by atomic mass is 10.2. The van der Waals surface area contributed by atoms with Gasteiger partial charge in [0.1, 0.15) is 6.10 Å². The highest BCUT2D eigenvalue weighted by Gasteiger charge is 2.06. The van der Waals surface area contributed by atoms with Gasteiger partial charge >= 0.3 is 6.16 Å². The van der Waals surface area contributed by atoms with E-state index in [1.807, 2.05) is 6.92 Å². The lowest BCUT2D eigenvalue weighted by molar-refractivity contribution is 0.0362. The maximum atomic E-state index is 10.1. The van der Waals surface area contributed by atoms with Crippen LogP contribution in [0.2, 0.25) is 0 Å². The van der Waals surface area contributed by atoms with E-state index in [2.05, 4.69) is 4.74 Å². The maximum absolute atomic E-state index is 10.1. The third kappa shape index (κ3) is 11.1. The number of ether oxygens (including phenoxy) is 3. The maximum Gasteiger partial charge on any atom is 0.506 e. The fourth-order valence-corrected chi connectivity index (χ4v) is 1.07. The minimum atomic E-state index is -1.22. The van der Waals surface area contributed by atoms with Crippen molar-refractivity contribution in [3.8, 4) is 0 Å². The van der Waals surface area contributed by atoms with Crippen LogP contribution in [0.5, 0.6) is 0 Å². The standard InChI is InChI=1S/C10H20O5/c1-3-13-7-8-14-6-4-5-9(2)15-10(11)12/h9H,3-8H2,1-2H3,(H,11,12). The Morgan fingerprint density at radius 2 is 1.93 bits per heavy atom. The van der Waals surface area contributed by atoms with Crippen molar-refractivity contribution in [2.45, 2.75) is 32.8 Å². The molecular weight excluding hydrogens is 200 g/mol. The zero-order valence-corrected chi connectivity index (χ0v) is 9.40. The molecule has 1 N–H and O–H groups in total. The molecule has 0 aliphatic rings. The molecule has 1 unspecified atom stereocenters.